The van der Waals surface area contributed by atoms with Crippen molar-refractivity contribution >= 4 is 51.0 Å². The van der Waals surface area contributed by atoms with Gasteiger partial charge in [0.1, 0.15) is 0 Å². The monoisotopic (exact) mass is 846 g/mol. The third-order valence-corrected chi connectivity index (χ3v) is 17.3. The van der Waals surface area contributed by atoms with E-state index in [4.69, 9.17) is 0 Å². The van der Waals surface area contributed by atoms with Crippen LogP contribution >= 0.6 is 23.5 Å². The number of allylic oxidation sites excluding steroid dienone is 8. The first-order chi connectivity index (χ1) is 31.2. The van der Waals surface area contributed by atoms with Gasteiger partial charge in [-0.15, -0.1) is 23.5 Å². The second-order valence-electron chi connectivity index (χ2n) is 17.7. The van der Waals surface area contributed by atoms with E-state index >= 15 is 0 Å². The molecule has 7 aromatic carbocycles. The van der Waals surface area contributed by atoms with Crippen molar-refractivity contribution in [3.8, 4) is 16.8 Å². The molecule has 1 saturated heterocycles. The molecule has 63 heavy (non-hydrogen) atoms. The fraction of sp³-hybridized carbons (Fsp3) is 0.153. The summed E-state index contributed by atoms with van der Waals surface area (Å²) in [5, 5.41) is 3.55. The molecule has 0 saturated carbocycles. The Balaban J connectivity index is 0.963. The summed E-state index contributed by atoms with van der Waals surface area (Å²) in [6.07, 6.45) is 17.8. The number of rotatable bonds is 7. The van der Waals surface area contributed by atoms with Gasteiger partial charge in [0, 0.05) is 54.3 Å². The summed E-state index contributed by atoms with van der Waals surface area (Å²) in [6, 6.07) is 64.7. The number of hydrogen-bond acceptors (Lipinski definition) is 3. The lowest BCUT2D eigenvalue weighted by atomic mass is 9.79. The van der Waals surface area contributed by atoms with Crippen LogP contribution in [-0.4, -0.2) is 15.1 Å². The van der Waals surface area contributed by atoms with Crippen molar-refractivity contribution < 1.29 is 0 Å². The van der Waals surface area contributed by atoms with E-state index in [1.807, 2.05) is 0 Å². The SMILES string of the molecule is C1=CC(C2C=CC([C@H](c3ccc(-c4ccccc4)cc3)c3ccc4c(c3)c3ccc(N5C6c7ccccc7SC6C6Sc7ccccc7C65)cc3n4-c3ccccc3)=CC2)=CCC1. The average Bonchev–Trinajstić information content (AvgIpc) is 4.09. The Morgan fingerprint density at radius 1 is 0.508 bits per heavy atom. The Labute approximate surface area is 378 Å². The number of fused-ring (bicyclic) bond motifs is 10. The van der Waals surface area contributed by atoms with Gasteiger partial charge in [0.25, 0.3) is 0 Å². The number of hydrogen-bond donors (Lipinski definition) is 0. The summed E-state index contributed by atoms with van der Waals surface area (Å²) >= 11 is 4.20. The zero-order valence-electron chi connectivity index (χ0n) is 34.9. The van der Waals surface area contributed by atoms with Gasteiger partial charge in [-0.05, 0) is 112 Å². The van der Waals surface area contributed by atoms with E-state index < -0.39 is 0 Å². The molecule has 0 radical (unpaired) electrons. The van der Waals surface area contributed by atoms with E-state index in [1.165, 1.54) is 87.5 Å². The summed E-state index contributed by atoms with van der Waals surface area (Å²) in [7, 11) is 0. The second-order valence-corrected chi connectivity index (χ2v) is 20.1. The lowest BCUT2D eigenvalue weighted by molar-refractivity contribution is 0.675. The number of para-hydroxylation sites is 1. The first-order valence-corrected chi connectivity index (χ1v) is 24.3. The molecule has 0 amide bonds. The molecule has 13 rings (SSSR count). The van der Waals surface area contributed by atoms with Crippen LogP contribution in [0.15, 0.2) is 227 Å². The zero-order valence-corrected chi connectivity index (χ0v) is 36.6. The third-order valence-electron chi connectivity index (χ3n) is 14.2. The van der Waals surface area contributed by atoms with Crippen LogP contribution in [0.1, 0.15) is 59.5 Å². The van der Waals surface area contributed by atoms with Crippen molar-refractivity contribution in [3.63, 3.8) is 0 Å². The van der Waals surface area contributed by atoms with E-state index in [0.29, 0.717) is 28.5 Å². The van der Waals surface area contributed by atoms with Crippen molar-refractivity contribution in [2.75, 3.05) is 4.90 Å². The lowest BCUT2D eigenvalue weighted by Gasteiger charge is -2.32. The maximum absolute atomic E-state index is 2.80. The van der Waals surface area contributed by atoms with Crippen LogP contribution in [0.3, 0.4) is 0 Å². The van der Waals surface area contributed by atoms with Gasteiger partial charge in [0.05, 0.1) is 23.1 Å². The quantitative estimate of drug-likeness (QED) is 0.158. The topological polar surface area (TPSA) is 8.17 Å². The standard InChI is InChI=1S/C59H46N2S2/c1-4-14-38(15-5-1)40-24-28-42(29-25-40)55(43-30-26-41(27-31-43)39-16-6-2-7-17-39)44-32-35-51-50(36-44)47-34-33-46(37-52(47)60(51)45-18-8-3-9-19-45)61-56-48-20-10-12-22-53(48)62-58(56)59-57(61)49-21-11-13-23-54(49)63-59/h1,3-6,8-26,28-37,41,55-59H,2,7,27H2/t41?,55-,56?,57?,58?,59?/m0/s1. The molecule has 0 bridgehead atoms. The Morgan fingerprint density at radius 3 is 1.86 bits per heavy atom. The molecule has 1 aromatic heterocycles. The largest absolute Gasteiger partial charge is 0.355 e. The number of anilines is 1. The van der Waals surface area contributed by atoms with Gasteiger partial charge in [0.15, 0.2) is 0 Å². The van der Waals surface area contributed by atoms with Crippen LogP contribution in [0.25, 0.3) is 38.6 Å². The molecule has 0 spiro atoms. The highest BCUT2D eigenvalue weighted by Gasteiger charge is 2.57. The molecule has 6 atom stereocenters. The molecule has 1 fully saturated rings. The van der Waals surface area contributed by atoms with Gasteiger partial charge < -0.3 is 9.47 Å². The summed E-state index contributed by atoms with van der Waals surface area (Å²) in [4.78, 5) is 5.67. The first kappa shape index (κ1) is 37.4. The zero-order chi connectivity index (χ0) is 41.4. The molecule has 304 valence electrons. The maximum Gasteiger partial charge on any atom is 0.0694 e. The summed E-state index contributed by atoms with van der Waals surface area (Å²) in [6.45, 7) is 0. The van der Waals surface area contributed by atoms with Crippen LogP contribution < -0.4 is 4.90 Å². The predicted octanol–water partition coefficient (Wildman–Crippen LogP) is 15.6. The highest BCUT2D eigenvalue weighted by atomic mass is 32.2. The van der Waals surface area contributed by atoms with Crippen molar-refractivity contribution in [2.45, 2.75) is 57.6 Å². The molecule has 2 nitrogen and oxygen atoms in total. The average molecular weight is 847 g/mol. The van der Waals surface area contributed by atoms with Gasteiger partial charge >= 0.3 is 0 Å². The van der Waals surface area contributed by atoms with E-state index in [1.54, 1.807) is 0 Å². The Morgan fingerprint density at radius 2 is 1.17 bits per heavy atom. The van der Waals surface area contributed by atoms with Gasteiger partial charge in [-0.2, -0.15) is 0 Å². The van der Waals surface area contributed by atoms with E-state index in [-0.39, 0.29) is 5.92 Å². The molecule has 2 aliphatic carbocycles. The minimum absolute atomic E-state index is 0.0973. The Bertz CT molecular complexity index is 3130. The molecule has 8 aromatic rings. The summed E-state index contributed by atoms with van der Waals surface area (Å²) < 4.78 is 2.51. The molecule has 5 aliphatic rings. The molecule has 0 N–H and O–H groups in total. The van der Waals surface area contributed by atoms with Gasteiger partial charge in [-0.1, -0.05) is 158 Å². The van der Waals surface area contributed by atoms with Crippen LogP contribution in [0.2, 0.25) is 0 Å². The fourth-order valence-corrected chi connectivity index (χ4v) is 14.6. The van der Waals surface area contributed by atoms with Crippen molar-refractivity contribution in [3.05, 3.63) is 240 Å². The van der Waals surface area contributed by atoms with Crippen molar-refractivity contribution in [2.24, 2.45) is 5.92 Å². The summed E-state index contributed by atoms with van der Waals surface area (Å²) in [5.41, 5.74) is 15.9. The summed E-state index contributed by atoms with van der Waals surface area (Å²) in [5.74, 6) is 0.528. The molecule has 4 heteroatoms. The van der Waals surface area contributed by atoms with Crippen molar-refractivity contribution in [1.82, 2.24) is 4.57 Å². The molecule has 4 heterocycles. The first-order valence-electron chi connectivity index (χ1n) is 22.6. The Hall–Kier alpha value is -6.20. The van der Waals surface area contributed by atoms with Gasteiger partial charge in [-0.3, -0.25) is 0 Å². The van der Waals surface area contributed by atoms with Crippen LogP contribution in [0.5, 0.6) is 0 Å². The molecule has 5 unspecified atom stereocenters. The van der Waals surface area contributed by atoms with E-state index in [2.05, 4.69) is 239 Å². The van der Waals surface area contributed by atoms with Crippen LogP contribution in [0, 0.1) is 5.92 Å². The highest BCUT2D eigenvalue weighted by molar-refractivity contribution is 8.04. The van der Waals surface area contributed by atoms with Gasteiger partial charge in [-0.25, -0.2) is 0 Å². The normalized spacial score (nSPS) is 22.4. The predicted molar refractivity (Wildman–Crippen MR) is 266 cm³/mol. The number of thioether (sulfide) groups is 2. The highest BCUT2D eigenvalue weighted by Crippen LogP contribution is 2.66. The number of aromatic nitrogens is 1. The van der Waals surface area contributed by atoms with E-state index in [9.17, 15) is 0 Å². The fourth-order valence-electron chi connectivity index (χ4n) is 11.3. The van der Waals surface area contributed by atoms with E-state index in [0.717, 1.165) is 19.3 Å². The van der Waals surface area contributed by atoms with Gasteiger partial charge in [0.2, 0.25) is 0 Å². The van der Waals surface area contributed by atoms with Crippen molar-refractivity contribution in [1.29, 1.82) is 0 Å². The number of nitrogens with zero attached hydrogens (tertiary/aromatic N) is 2. The molecular formula is C59H46N2S2. The molecule has 3 aliphatic heterocycles. The smallest absolute Gasteiger partial charge is 0.0694 e. The molecular weight excluding hydrogens is 801 g/mol. The maximum atomic E-state index is 2.80. The minimum atomic E-state index is 0.0973. The lowest BCUT2D eigenvalue weighted by Crippen LogP contribution is -2.27. The van der Waals surface area contributed by atoms with Crippen LogP contribution in [0.4, 0.5) is 5.69 Å². The number of benzene rings is 7. The van der Waals surface area contributed by atoms with Crippen LogP contribution in [-0.2, 0) is 0 Å². The third kappa shape index (κ3) is 6.17. The minimum Gasteiger partial charge on any atom is -0.355 e. The second kappa shape index (κ2) is 15.3. The Kier molecular flexibility index (Phi) is 9.05.